The second kappa shape index (κ2) is 5.71. The molecule has 0 aliphatic carbocycles. The van der Waals surface area contributed by atoms with Gasteiger partial charge in [0.05, 0.1) is 11.9 Å². The van der Waals surface area contributed by atoms with Gasteiger partial charge in [0.2, 0.25) is 0 Å². The average Bonchev–Trinajstić information content (AvgIpc) is 2.32. The molecule has 0 unspecified atom stereocenters. The highest BCUT2D eigenvalue weighted by atomic mass is 35.5. The zero-order chi connectivity index (χ0) is 12.1. The third-order valence-corrected chi connectivity index (χ3v) is 2.59. The van der Waals surface area contributed by atoms with Gasteiger partial charge in [0.15, 0.2) is 0 Å². The molecule has 0 aromatic heterocycles. The summed E-state index contributed by atoms with van der Waals surface area (Å²) >= 11 is 11.6. The van der Waals surface area contributed by atoms with Gasteiger partial charge in [-0.1, -0.05) is 35.3 Å². The summed E-state index contributed by atoms with van der Waals surface area (Å²) in [5.41, 5.74) is 4.73. The molecule has 0 heterocycles. The minimum absolute atomic E-state index is 0.695. The van der Waals surface area contributed by atoms with Gasteiger partial charge in [-0.05, 0) is 42.0 Å². The number of rotatable bonds is 3. The molecule has 0 spiro atoms. The largest absolute Gasteiger partial charge is 0.279 e. The van der Waals surface area contributed by atoms with Gasteiger partial charge in [0, 0.05) is 10.0 Å². The van der Waals surface area contributed by atoms with Crippen molar-refractivity contribution < 1.29 is 0 Å². The van der Waals surface area contributed by atoms with Gasteiger partial charge >= 0.3 is 0 Å². The second-order valence-corrected chi connectivity index (χ2v) is 4.30. The fourth-order valence-corrected chi connectivity index (χ4v) is 1.62. The highest BCUT2D eigenvalue weighted by molar-refractivity contribution is 6.31. The third kappa shape index (κ3) is 3.77. The zero-order valence-electron chi connectivity index (χ0n) is 8.90. The molecule has 4 heteroatoms. The lowest BCUT2D eigenvalue weighted by molar-refractivity contribution is 1.35. The lowest BCUT2D eigenvalue weighted by atomic mass is 10.2. The van der Waals surface area contributed by atoms with Gasteiger partial charge in [0.25, 0.3) is 0 Å². The van der Waals surface area contributed by atoms with Gasteiger partial charge in [-0.25, -0.2) is 0 Å². The number of nitrogens with zero attached hydrogens (tertiary/aromatic N) is 1. The Kier molecular flexibility index (Phi) is 4.02. The Hall–Kier alpha value is -1.51. The highest BCUT2D eigenvalue weighted by Crippen LogP contribution is 2.13. The summed E-state index contributed by atoms with van der Waals surface area (Å²) in [7, 11) is 0. The normalized spacial score (nSPS) is 10.7. The van der Waals surface area contributed by atoms with Gasteiger partial charge in [-0.2, -0.15) is 5.10 Å². The Morgan fingerprint density at radius 2 is 1.71 bits per heavy atom. The van der Waals surface area contributed by atoms with E-state index in [4.69, 9.17) is 23.2 Å². The molecule has 0 aliphatic rings. The highest BCUT2D eigenvalue weighted by Gasteiger charge is 1.91. The molecule has 1 N–H and O–H groups in total. The molecule has 0 atom stereocenters. The van der Waals surface area contributed by atoms with Crippen LogP contribution in [0.4, 0.5) is 5.69 Å². The minimum atomic E-state index is 0.695. The molecular formula is C13H10Cl2N2. The maximum Gasteiger partial charge on any atom is 0.0562 e. The molecule has 86 valence electrons. The first kappa shape index (κ1) is 12.0. The van der Waals surface area contributed by atoms with Crippen molar-refractivity contribution in [3.63, 3.8) is 0 Å². The molecule has 0 amide bonds. The molecule has 2 aromatic rings. The summed E-state index contributed by atoms with van der Waals surface area (Å²) in [4.78, 5) is 0. The van der Waals surface area contributed by atoms with Crippen LogP contribution >= 0.6 is 23.2 Å². The van der Waals surface area contributed by atoms with E-state index in [0.29, 0.717) is 10.0 Å². The van der Waals surface area contributed by atoms with E-state index in [1.807, 2.05) is 36.4 Å². The van der Waals surface area contributed by atoms with Crippen LogP contribution in [0.1, 0.15) is 5.56 Å². The van der Waals surface area contributed by atoms with Crippen molar-refractivity contribution in [3.8, 4) is 0 Å². The van der Waals surface area contributed by atoms with Crippen LogP contribution in [0.5, 0.6) is 0 Å². The van der Waals surface area contributed by atoms with E-state index in [1.54, 1.807) is 18.3 Å². The minimum Gasteiger partial charge on any atom is -0.279 e. The quantitative estimate of drug-likeness (QED) is 0.644. The maximum absolute atomic E-state index is 5.86. The molecule has 2 aromatic carbocycles. The van der Waals surface area contributed by atoms with E-state index in [9.17, 15) is 0 Å². The van der Waals surface area contributed by atoms with Crippen molar-refractivity contribution in [2.45, 2.75) is 0 Å². The summed E-state index contributed by atoms with van der Waals surface area (Å²) in [5.74, 6) is 0. The van der Waals surface area contributed by atoms with Crippen LogP contribution in [-0.2, 0) is 0 Å². The Balaban J connectivity index is 2.00. The van der Waals surface area contributed by atoms with Crippen molar-refractivity contribution in [3.05, 3.63) is 64.1 Å². The van der Waals surface area contributed by atoms with E-state index in [1.165, 1.54) is 0 Å². The van der Waals surface area contributed by atoms with Crippen molar-refractivity contribution >= 4 is 35.1 Å². The Labute approximate surface area is 110 Å². The molecule has 2 nitrogen and oxygen atoms in total. The number of hydrogen-bond donors (Lipinski definition) is 1. The molecule has 0 radical (unpaired) electrons. The summed E-state index contributed by atoms with van der Waals surface area (Å²) in [5, 5.41) is 5.50. The predicted octanol–water partition coefficient (Wildman–Crippen LogP) is 4.44. The van der Waals surface area contributed by atoms with Crippen LogP contribution in [0.15, 0.2) is 53.6 Å². The number of benzene rings is 2. The van der Waals surface area contributed by atoms with E-state index in [0.717, 1.165) is 11.3 Å². The number of anilines is 1. The van der Waals surface area contributed by atoms with Crippen LogP contribution in [-0.4, -0.2) is 6.21 Å². The van der Waals surface area contributed by atoms with Crippen LogP contribution in [0.3, 0.4) is 0 Å². The molecule has 0 saturated carbocycles. The molecular weight excluding hydrogens is 255 g/mol. The van der Waals surface area contributed by atoms with Gasteiger partial charge in [0.1, 0.15) is 0 Å². The van der Waals surface area contributed by atoms with Crippen LogP contribution in [0, 0.1) is 0 Å². The van der Waals surface area contributed by atoms with Crippen molar-refractivity contribution in [1.82, 2.24) is 0 Å². The first-order valence-electron chi connectivity index (χ1n) is 5.04. The van der Waals surface area contributed by atoms with Crippen LogP contribution < -0.4 is 5.43 Å². The van der Waals surface area contributed by atoms with E-state index in [2.05, 4.69) is 10.5 Å². The Bertz CT molecular complexity index is 521. The predicted molar refractivity (Wildman–Crippen MR) is 74.1 cm³/mol. The molecule has 0 fully saturated rings. The number of hydrogen-bond acceptors (Lipinski definition) is 2. The topological polar surface area (TPSA) is 24.4 Å². The SMILES string of the molecule is Clc1ccc(N/N=C/c2cccc(Cl)c2)cc1. The van der Waals surface area contributed by atoms with E-state index >= 15 is 0 Å². The van der Waals surface area contributed by atoms with Crippen LogP contribution in [0.25, 0.3) is 0 Å². The fourth-order valence-electron chi connectivity index (χ4n) is 1.29. The molecule has 0 aliphatic heterocycles. The van der Waals surface area contributed by atoms with E-state index in [-0.39, 0.29) is 0 Å². The average molecular weight is 265 g/mol. The van der Waals surface area contributed by atoms with Crippen molar-refractivity contribution in [2.75, 3.05) is 5.43 Å². The number of nitrogens with one attached hydrogen (secondary N) is 1. The van der Waals surface area contributed by atoms with Crippen molar-refractivity contribution in [1.29, 1.82) is 0 Å². The lowest BCUT2D eigenvalue weighted by Gasteiger charge is -1.99. The standard InChI is InChI=1S/C13H10Cl2N2/c14-11-4-6-13(7-5-11)17-16-9-10-2-1-3-12(15)8-10/h1-9,17H/b16-9+. The second-order valence-electron chi connectivity index (χ2n) is 3.43. The lowest BCUT2D eigenvalue weighted by Crippen LogP contribution is -1.90. The third-order valence-electron chi connectivity index (χ3n) is 2.10. The number of hydrazone groups is 1. The molecule has 17 heavy (non-hydrogen) atoms. The van der Waals surface area contributed by atoms with Gasteiger partial charge < -0.3 is 0 Å². The smallest absolute Gasteiger partial charge is 0.0562 e. The maximum atomic E-state index is 5.86. The number of halogens is 2. The van der Waals surface area contributed by atoms with E-state index < -0.39 is 0 Å². The molecule has 2 rings (SSSR count). The van der Waals surface area contributed by atoms with Gasteiger partial charge in [-0.15, -0.1) is 0 Å². The van der Waals surface area contributed by atoms with Crippen molar-refractivity contribution in [2.24, 2.45) is 5.10 Å². The Morgan fingerprint density at radius 3 is 2.41 bits per heavy atom. The summed E-state index contributed by atoms with van der Waals surface area (Å²) in [6.45, 7) is 0. The monoisotopic (exact) mass is 264 g/mol. The van der Waals surface area contributed by atoms with Crippen LogP contribution in [0.2, 0.25) is 10.0 Å². The Morgan fingerprint density at radius 1 is 0.941 bits per heavy atom. The summed E-state index contributed by atoms with van der Waals surface area (Å²) < 4.78 is 0. The first-order valence-corrected chi connectivity index (χ1v) is 5.80. The first-order chi connectivity index (χ1) is 8.24. The molecule has 0 saturated heterocycles. The summed E-state index contributed by atoms with van der Waals surface area (Å²) in [6, 6.07) is 14.8. The molecule has 0 bridgehead atoms. The zero-order valence-corrected chi connectivity index (χ0v) is 10.4. The summed E-state index contributed by atoms with van der Waals surface area (Å²) in [6.07, 6.45) is 1.71. The fraction of sp³-hybridized carbons (Fsp3) is 0. The van der Waals surface area contributed by atoms with Gasteiger partial charge in [-0.3, -0.25) is 5.43 Å².